The fourth-order valence-corrected chi connectivity index (χ4v) is 1.07. The molecule has 0 atom stereocenters. The molecule has 3 N–H and O–H groups in total. The van der Waals surface area contributed by atoms with E-state index in [0.29, 0.717) is 12.3 Å². The van der Waals surface area contributed by atoms with E-state index < -0.39 is 6.09 Å². The standard InChI is InChI=1S/C10H15N3O3/c1-12-10(14)16-5-4-15-9-7-13-3-2-8(9)6-11/h2-3,7H,4-6,11H2,1H3,(H,12,14). The van der Waals surface area contributed by atoms with E-state index in [1.54, 1.807) is 18.5 Å². The molecule has 0 aliphatic carbocycles. The van der Waals surface area contributed by atoms with Crippen molar-refractivity contribution in [2.75, 3.05) is 20.3 Å². The van der Waals surface area contributed by atoms with Gasteiger partial charge in [-0.25, -0.2) is 4.79 Å². The zero-order valence-corrected chi connectivity index (χ0v) is 9.10. The Labute approximate surface area is 93.8 Å². The number of nitrogens with two attached hydrogens (primary N) is 1. The average molecular weight is 225 g/mol. The van der Waals surface area contributed by atoms with Gasteiger partial charge >= 0.3 is 6.09 Å². The lowest BCUT2D eigenvalue weighted by Gasteiger charge is -2.09. The van der Waals surface area contributed by atoms with Crippen molar-refractivity contribution in [1.82, 2.24) is 10.3 Å². The normalized spacial score (nSPS) is 9.62. The largest absolute Gasteiger partial charge is 0.488 e. The molecule has 0 bridgehead atoms. The lowest BCUT2D eigenvalue weighted by Crippen LogP contribution is -2.22. The van der Waals surface area contributed by atoms with Crippen LogP contribution >= 0.6 is 0 Å². The summed E-state index contributed by atoms with van der Waals surface area (Å²) >= 11 is 0. The maximum absolute atomic E-state index is 10.7. The number of nitrogens with one attached hydrogen (secondary N) is 1. The first-order chi connectivity index (χ1) is 7.77. The number of carbonyl (C=O) groups is 1. The number of rotatable bonds is 5. The zero-order chi connectivity index (χ0) is 11.8. The summed E-state index contributed by atoms with van der Waals surface area (Å²) < 4.78 is 10.1. The summed E-state index contributed by atoms with van der Waals surface area (Å²) in [5.41, 5.74) is 6.39. The number of nitrogens with zero attached hydrogens (tertiary/aromatic N) is 1. The van der Waals surface area contributed by atoms with Crippen LogP contribution < -0.4 is 15.8 Å². The topological polar surface area (TPSA) is 86.5 Å². The van der Waals surface area contributed by atoms with Crippen LogP contribution in [0.25, 0.3) is 0 Å². The Kier molecular flexibility index (Phi) is 5.07. The van der Waals surface area contributed by atoms with Crippen LogP contribution in [-0.4, -0.2) is 31.3 Å². The van der Waals surface area contributed by atoms with Gasteiger partial charge in [0, 0.05) is 25.4 Å². The van der Waals surface area contributed by atoms with E-state index >= 15 is 0 Å². The summed E-state index contributed by atoms with van der Waals surface area (Å²) in [5, 5.41) is 2.34. The van der Waals surface area contributed by atoms with Gasteiger partial charge in [0.25, 0.3) is 0 Å². The highest BCUT2D eigenvalue weighted by Crippen LogP contribution is 2.14. The molecule has 0 spiro atoms. The second-order valence-corrected chi connectivity index (χ2v) is 2.92. The second-order valence-electron chi connectivity index (χ2n) is 2.92. The Balaban J connectivity index is 2.34. The van der Waals surface area contributed by atoms with Gasteiger partial charge < -0.3 is 20.5 Å². The smallest absolute Gasteiger partial charge is 0.406 e. The Hall–Kier alpha value is -1.82. The predicted molar refractivity (Wildman–Crippen MR) is 58.0 cm³/mol. The van der Waals surface area contributed by atoms with Crippen LogP contribution in [0.5, 0.6) is 5.75 Å². The Bertz CT molecular complexity index is 344. The molecule has 1 aromatic heterocycles. The van der Waals surface area contributed by atoms with Crippen molar-refractivity contribution in [3.63, 3.8) is 0 Å². The highest BCUT2D eigenvalue weighted by Gasteiger charge is 2.02. The van der Waals surface area contributed by atoms with E-state index in [2.05, 4.69) is 10.3 Å². The molecule has 0 saturated carbocycles. The molecule has 0 aliphatic heterocycles. The lowest BCUT2D eigenvalue weighted by atomic mass is 10.2. The SMILES string of the molecule is CNC(=O)OCCOc1cnccc1CN. The van der Waals surface area contributed by atoms with Gasteiger partial charge in [0.15, 0.2) is 0 Å². The van der Waals surface area contributed by atoms with Crippen LogP contribution in [0.2, 0.25) is 0 Å². The van der Waals surface area contributed by atoms with Crippen molar-refractivity contribution in [1.29, 1.82) is 0 Å². The van der Waals surface area contributed by atoms with Gasteiger partial charge in [0.05, 0.1) is 6.20 Å². The van der Waals surface area contributed by atoms with Gasteiger partial charge in [-0.15, -0.1) is 0 Å². The van der Waals surface area contributed by atoms with Crippen LogP contribution in [0.4, 0.5) is 4.79 Å². The number of alkyl carbamates (subject to hydrolysis) is 1. The summed E-state index contributed by atoms with van der Waals surface area (Å²) in [6, 6.07) is 1.79. The van der Waals surface area contributed by atoms with Crippen molar-refractivity contribution in [2.24, 2.45) is 5.73 Å². The Morgan fingerprint density at radius 2 is 2.38 bits per heavy atom. The van der Waals surface area contributed by atoms with Crippen LogP contribution in [0.15, 0.2) is 18.5 Å². The molecule has 88 valence electrons. The summed E-state index contributed by atoms with van der Waals surface area (Å²) in [6.07, 6.45) is 2.76. The third-order valence-corrected chi connectivity index (χ3v) is 1.87. The van der Waals surface area contributed by atoms with Crippen molar-refractivity contribution in [2.45, 2.75) is 6.54 Å². The highest BCUT2D eigenvalue weighted by molar-refractivity contribution is 5.66. The van der Waals surface area contributed by atoms with Gasteiger partial charge in [-0.3, -0.25) is 4.98 Å². The van der Waals surface area contributed by atoms with E-state index in [4.69, 9.17) is 15.2 Å². The molecule has 0 aromatic carbocycles. The maximum Gasteiger partial charge on any atom is 0.406 e. The number of ether oxygens (including phenoxy) is 2. The number of carbonyl (C=O) groups excluding carboxylic acids is 1. The summed E-state index contributed by atoms with van der Waals surface area (Å²) in [7, 11) is 1.50. The van der Waals surface area contributed by atoms with Crippen molar-refractivity contribution in [3.8, 4) is 5.75 Å². The Morgan fingerprint density at radius 3 is 3.06 bits per heavy atom. The van der Waals surface area contributed by atoms with Crippen LogP contribution in [-0.2, 0) is 11.3 Å². The molecule has 0 radical (unpaired) electrons. The Morgan fingerprint density at radius 1 is 1.56 bits per heavy atom. The van der Waals surface area contributed by atoms with E-state index in [9.17, 15) is 4.79 Å². The van der Waals surface area contributed by atoms with Crippen molar-refractivity contribution in [3.05, 3.63) is 24.0 Å². The van der Waals surface area contributed by atoms with Gasteiger partial charge in [0.1, 0.15) is 19.0 Å². The van der Waals surface area contributed by atoms with Crippen LogP contribution in [0, 0.1) is 0 Å². The molecule has 6 heteroatoms. The van der Waals surface area contributed by atoms with Crippen molar-refractivity contribution >= 4 is 6.09 Å². The number of hydrogen-bond acceptors (Lipinski definition) is 5. The third kappa shape index (κ3) is 3.74. The first kappa shape index (κ1) is 12.3. The summed E-state index contributed by atoms with van der Waals surface area (Å²) in [4.78, 5) is 14.6. The summed E-state index contributed by atoms with van der Waals surface area (Å²) in [5.74, 6) is 0.616. The maximum atomic E-state index is 10.7. The molecule has 1 amide bonds. The first-order valence-corrected chi connectivity index (χ1v) is 4.88. The molecular weight excluding hydrogens is 210 g/mol. The molecule has 0 unspecified atom stereocenters. The number of pyridine rings is 1. The molecule has 1 aromatic rings. The molecular formula is C10H15N3O3. The van der Waals surface area contributed by atoms with Gasteiger partial charge in [-0.05, 0) is 6.07 Å². The van der Waals surface area contributed by atoms with Crippen LogP contribution in [0.1, 0.15) is 5.56 Å². The lowest BCUT2D eigenvalue weighted by molar-refractivity contribution is 0.126. The number of amides is 1. The number of aromatic nitrogens is 1. The average Bonchev–Trinajstić information content (AvgIpc) is 2.34. The fraction of sp³-hybridized carbons (Fsp3) is 0.400. The number of hydrogen-bond donors (Lipinski definition) is 2. The second kappa shape index (κ2) is 6.62. The quantitative estimate of drug-likeness (QED) is 0.703. The molecule has 1 rings (SSSR count). The molecule has 1 heterocycles. The molecule has 6 nitrogen and oxygen atoms in total. The van der Waals surface area contributed by atoms with E-state index in [-0.39, 0.29) is 13.2 Å². The molecule has 0 aliphatic rings. The zero-order valence-electron chi connectivity index (χ0n) is 9.10. The minimum atomic E-state index is -0.478. The minimum Gasteiger partial charge on any atom is -0.488 e. The van der Waals surface area contributed by atoms with Crippen molar-refractivity contribution < 1.29 is 14.3 Å². The predicted octanol–water partition coefficient (Wildman–Crippen LogP) is 0.275. The van der Waals surface area contributed by atoms with E-state index in [0.717, 1.165) is 5.56 Å². The van der Waals surface area contributed by atoms with E-state index in [1.165, 1.54) is 7.05 Å². The van der Waals surface area contributed by atoms with Crippen LogP contribution in [0.3, 0.4) is 0 Å². The highest BCUT2D eigenvalue weighted by atomic mass is 16.6. The monoisotopic (exact) mass is 225 g/mol. The minimum absolute atomic E-state index is 0.179. The molecule has 0 fully saturated rings. The first-order valence-electron chi connectivity index (χ1n) is 4.88. The third-order valence-electron chi connectivity index (χ3n) is 1.87. The molecule has 0 saturated heterocycles. The molecule has 16 heavy (non-hydrogen) atoms. The van der Waals surface area contributed by atoms with Gasteiger partial charge in [0.2, 0.25) is 0 Å². The fourth-order valence-electron chi connectivity index (χ4n) is 1.07. The van der Waals surface area contributed by atoms with Gasteiger partial charge in [-0.1, -0.05) is 0 Å². The summed E-state index contributed by atoms with van der Waals surface area (Å²) in [6.45, 7) is 0.832. The van der Waals surface area contributed by atoms with E-state index in [1.807, 2.05) is 0 Å². The van der Waals surface area contributed by atoms with Gasteiger partial charge in [-0.2, -0.15) is 0 Å².